The van der Waals surface area contributed by atoms with Gasteiger partial charge in [-0.2, -0.15) is 0 Å². The first-order valence-corrected chi connectivity index (χ1v) is 2.56. The number of halogens is 2. The second-order valence-corrected chi connectivity index (χ2v) is 1.70. The zero-order chi connectivity index (χ0) is 7.56. The predicted octanol–water partition coefficient (Wildman–Crippen LogP) is 1.57. The van der Waals surface area contributed by atoms with E-state index in [1.807, 2.05) is 0 Å². The molecule has 1 aromatic rings. The van der Waals surface area contributed by atoms with Crippen molar-refractivity contribution in [3.05, 3.63) is 35.4 Å². The predicted molar refractivity (Wildman–Crippen MR) is 30.6 cm³/mol. The smallest absolute Gasteiger partial charge is 0.0765 e. The van der Waals surface area contributed by atoms with Crippen molar-refractivity contribution < 1.29 is 46.3 Å². The van der Waals surface area contributed by atoms with Gasteiger partial charge in [0.2, 0.25) is 0 Å². The van der Waals surface area contributed by atoms with Gasteiger partial charge in [-0.25, -0.2) is 4.39 Å². The Morgan fingerprint density at radius 3 is 2.45 bits per heavy atom. The molecule has 0 atom stereocenters. The van der Waals surface area contributed by atoms with Crippen LogP contribution in [0.25, 0.3) is 0 Å². The standard InChI is InChI=1S/C7H3F2O.Y/c8-6-2-1-5(4-10)3-7(6)9;/h2-4H;/q-1;. The van der Waals surface area contributed by atoms with Gasteiger partial charge >= 0.3 is 0 Å². The number of hydrogen-bond donors (Lipinski definition) is 0. The maximum Gasteiger partial charge on any atom is 0.0765 e. The van der Waals surface area contributed by atoms with Crippen LogP contribution in [0.5, 0.6) is 0 Å². The number of hydrogen-bond acceptors (Lipinski definition) is 1. The fraction of sp³-hybridized carbons (Fsp3) is 0. The molecule has 0 heterocycles. The summed E-state index contributed by atoms with van der Waals surface area (Å²) in [6, 6.07) is 3.83. The third-order valence-corrected chi connectivity index (χ3v) is 1.00. The van der Waals surface area contributed by atoms with E-state index in [-0.39, 0.29) is 38.3 Å². The molecule has 11 heavy (non-hydrogen) atoms. The minimum Gasteiger partial charge on any atom is -0.355 e. The van der Waals surface area contributed by atoms with Crippen molar-refractivity contribution in [2.45, 2.75) is 0 Å². The summed E-state index contributed by atoms with van der Waals surface area (Å²) < 4.78 is 24.3. The number of carbonyl (C=O) groups excluding carboxylic acids is 1. The molecule has 0 fully saturated rings. The number of carbonyl (C=O) groups is 1. The first kappa shape index (κ1) is 10.9. The van der Waals surface area contributed by atoms with Crippen molar-refractivity contribution in [2.24, 2.45) is 0 Å². The maximum absolute atomic E-state index is 12.2. The second kappa shape index (κ2) is 4.68. The largest absolute Gasteiger partial charge is 0.355 e. The molecule has 0 aliphatic carbocycles. The molecule has 1 rings (SSSR count). The number of rotatable bonds is 1. The van der Waals surface area contributed by atoms with Gasteiger partial charge in [-0.05, 0) is 0 Å². The van der Waals surface area contributed by atoms with E-state index in [9.17, 15) is 13.6 Å². The summed E-state index contributed by atoms with van der Waals surface area (Å²) in [5.74, 6) is -2.02. The molecule has 0 aromatic heterocycles. The molecule has 0 aliphatic rings. The molecular formula is C7H3F2OY-. The van der Waals surface area contributed by atoms with E-state index in [2.05, 4.69) is 6.07 Å². The van der Waals surface area contributed by atoms with Gasteiger partial charge in [-0.15, -0.1) is 23.8 Å². The van der Waals surface area contributed by atoms with E-state index in [1.54, 1.807) is 0 Å². The third kappa shape index (κ3) is 2.75. The molecule has 0 unspecified atom stereocenters. The van der Waals surface area contributed by atoms with Crippen molar-refractivity contribution in [1.82, 2.24) is 0 Å². The number of aldehydes is 1. The van der Waals surface area contributed by atoms with Crippen LogP contribution in [0.3, 0.4) is 0 Å². The summed E-state index contributed by atoms with van der Waals surface area (Å²) in [5, 5.41) is 0. The van der Waals surface area contributed by atoms with Gasteiger partial charge in [0.15, 0.2) is 0 Å². The summed E-state index contributed by atoms with van der Waals surface area (Å²) in [4.78, 5) is 9.95. The van der Waals surface area contributed by atoms with Gasteiger partial charge in [-0.3, -0.25) is 4.39 Å². The molecule has 0 spiro atoms. The van der Waals surface area contributed by atoms with Gasteiger partial charge in [0.25, 0.3) is 0 Å². The Bertz CT molecular complexity index is 263. The van der Waals surface area contributed by atoms with Crippen LogP contribution in [0.15, 0.2) is 12.1 Å². The maximum atomic E-state index is 12.2. The Balaban J connectivity index is 0.000001000. The molecule has 4 heteroatoms. The Labute approximate surface area is 87.7 Å². The van der Waals surface area contributed by atoms with Crippen LogP contribution in [-0.4, -0.2) is 6.29 Å². The fourth-order valence-electron chi connectivity index (χ4n) is 0.531. The average molecular weight is 230 g/mol. The van der Waals surface area contributed by atoms with E-state index in [4.69, 9.17) is 0 Å². The summed E-state index contributed by atoms with van der Waals surface area (Å²) in [6.45, 7) is 0. The van der Waals surface area contributed by atoms with Gasteiger partial charge in [0.1, 0.15) is 0 Å². The van der Waals surface area contributed by atoms with Crippen LogP contribution >= 0.6 is 0 Å². The van der Waals surface area contributed by atoms with Crippen LogP contribution in [0, 0.1) is 17.7 Å². The summed E-state index contributed by atoms with van der Waals surface area (Å²) in [7, 11) is 0. The topological polar surface area (TPSA) is 17.1 Å². The summed E-state index contributed by atoms with van der Waals surface area (Å²) in [5.41, 5.74) is 0.0129. The molecule has 55 valence electrons. The molecule has 0 bridgehead atoms. The third-order valence-electron chi connectivity index (χ3n) is 1.00. The molecule has 1 aromatic carbocycles. The molecule has 0 saturated carbocycles. The van der Waals surface area contributed by atoms with Crippen LogP contribution < -0.4 is 0 Å². The van der Waals surface area contributed by atoms with Gasteiger partial charge in [0, 0.05) is 32.7 Å². The van der Waals surface area contributed by atoms with Gasteiger partial charge < -0.3 is 4.79 Å². The summed E-state index contributed by atoms with van der Waals surface area (Å²) >= 11 is 0. The summed E-state index contributed by atoms with van der Waals surface area (Å²) in [6.07, 6.45) is 0.405. The Morgan fingerprint density at radius 2 is 2.00 bits per heavy atom. The second-order valence-electron chi connectivity index (χ2n) is 1.70. The Kier molecular flexibility index (Phi) is 4.61. The zero-order valence-electron chi connectivity index (χ0n) is 5.47. The van der Waals surface area contributed by atoms with Crippen molar-refractivity contribution in [2.75, 3.05) is 0 Å². The minimum absolute atomic E-state index is 0. The first-order valence-electron chi connectivity index (χ1n) is 2.56. The number of benzene rings is 1. The molecule has 0 aliphatic heterocycles. The Morgan fingerprint density at radius 1 is 1.36 bits per heavy atom. The molecular weight excluding hydrogens is 227 g/mol. The first-order chi connectivity index (χ1) is 4.74. The van der Waals surface area contributed by atoms with Crippen molar-refractivity contribution >= 4 is 6.29 Å². The van der Waals surface area contributed by atoms with E-state index >= 15 is 0 Å². The molecule has 1 nitrogen and oxygen atoms in total. The van der Waals surface area contributed by atoms with Gasteiger partial charge in [-0.1, -0.05) is 0 Å². The van der Waals surface area contributed by atoms with Crippen LogP contribution in [0.4, 0.5) is 8.78 Å². The van der Waals surface area contributed by atoms with E-state index < -0.39 is 11.6 Å². The quantitative estimate of drug-likeness (QED) is 0.528. The minimum atomic E-state index is -1.03. The van der Waals surface area contributed by atoms with E-state index in [0.717, 1.165) is 12.1 Å². The van der Waals surface area contributed by atoms with Crippen LogP contribution in [0.1, 0.15) is 10.4 Å². The molecule has 0 N–H and O–H groups in total. The van der Waals surface area contributed by atoms with Crippen LogP contribution in [-0.2, 0) is 32.7 Å². The molecule has 0 saturated heterocycles. The van der Waals surface area contributed by atoms with Crippen molar-refractivity contribution in [3.8, 4) is 0 Å². The normalized spacial score (nSPS) is 8.55. The monoisotopic (exact) mass is 230 g/mol. The Hall–Kier alpha value is -0.146. The molecule has 0 amide bonds. The van der Waals surface area contributed by atoms with Gasteiger partial charge in [0.05, 0.1) is 17.9 Å². The zero-order valence-corrected chi connectivity index (χ0v) is 8.31. The van der Waals surface area contributed by atoms with Crippen LogP contribution in [0.2, 0.25) is 0 Å². The molecule has 1 radical (unpaired) electrons. The van der Waals surface area contributed by atoms with Crippen molar-refractivity contribution in [3.63, 3.8) is 0 Å². The van der Waals surface area contributed by atoms with Crippen molar-refractivity contribution in [1.29, 1.82) is 0 Å². The average Bonchev–Trinajstić information content (AvgIpc) is 1.95. The van der Waals surface area contributed by atoms with E-state index in [1.165, 1.54) is 0 Å². The SMILES string of the molecule is O=Cc1[c-]cc(F)c(F)c1.[Y]. The fourth-order valence-corrected chi connectivity index (χ4v) is 0.531. The van der Waals surface area contributed by atoms with E-state index in [0.29, 0.717) is 6.29 Å².